The van der Waals surface area contributed by atoms with E-state index in [0.29, 0.717) is 27.1 Å². The average Bonchev–Trinajstić information content (AvgIpc) is 2.30. The van der Waals surface area contributed by atoms with Gasteiger partial charge in [-0.2, -0.15) is 0 Å². The normalized spacial score (nSPS) is 9.81. The average molecular weight is 283 g/mol. The molecule has 0 N–H and O–H groups in total. The molecule has 0 amide bonds. The number of hydrogen-bond acceptors (Lipinski definition) is 2. The van der Waals surface area contributed by atoms with E-state index in [2.05, 4.69) is 18.7 Å². The molecule has 2 nitrogen and oxygen atoms in total. The number of ether oxygens (including phenoxy) is 1. The second-order valence-electron chi connectivity index (χ2n) is 3.24. The molecule has 1 aromatic rings. The van der Waals surface area contributed by atoms with Crippen LogP contribution in [0.1, 0.15) is 13.3 Å². The van der Waals surface area contributed by atoms with E-state index in [0.717, 1.165) is 11.7 Å². The summed E-state index contributed by atoms with van der Waals surface area (Å²) >= 11 is 0.413. The van der Waals surface area contributed by atoms with Crippen LogP contribution in [0.4, 0.5) is 0 Å². The quantitative estimate of drug-likeness (QED) is 0.453. The summed E-state index contributed by atoms with van der Waals surface area (Å²) in [6, 6.07) is 10.3. The SMILES string of the molecule is C=C(CC[Se]c1ccccc1)C(=O)OCC. The van der Waals surface area contributed by atoms with E-state index in [-0.39, 0.29) is 5.97 Å². The molecule has 0 spiro atoms. The summed E-state index contributed by atoms with van der Waals surface area (Å²) in [7, 11) is 0. The van der Waals surface area contributed by atoms with Crippen molar-refractivity contribution in [3.05, 3.63) is 42.5 Å². The van der Waals surface area contributed by atoms with Crippen molar-refractivity contribution < 1.29 is 9.53 Å². The fourth-order valence-electron chi connectivity index (χ4n) is 1.14. The van der Waals surface area contributed by atoms with Crippen LogP contribution in [0.5, 0.6) is 0 Å². The molecule has 16 heavy (non-hydrogen) atoms. The van der Waals surface area contributed by atoms with Gasteiger partial charge in [-0.3, -0.25) is 0 Å². The number of esters is 1. The van der Waals surface area contributed by atoms with Gasteiger partial charge in [-0.1, -0.05) is 0 Å². The molecule has 0 saturated carbocycles. The van der Waals surface area contributed by atoms with Crippen LogP contribution < -0.4 is 4.46 Å². The van der Waals surface area contributed by atoms with Crippen molar-refractivity contribution in [2.24, 2.45) is 0 Å². The van der Waals surface area contributed by atoms with Crippen LogP contribution in [0.3, 0.4) is 0 Å². The van der Waals surface area contributed by atoms with Crippen molar-refractivity contribution in [3.8, 4) is 0 Å². The third kappa shape index (κ3) is 4.65. The van der Waals surface area contributed by atoms with E-state index in [1.54, 1.807) is 6.92 Å². The van der Waals surface area contributed by atoms with Gasteiger partial charge in [0, 0.05) is 0 Å². The van der Waals surface area contributed by atoms with Gasteiger partial charge >= 0.3 is 103 Å². The first-order valence-corrected chi connectivity index (χ1v) is 7.33. The third-order valence-corrected chi connectivity index (χ3v) is 4.11. The molecule has 0 aliphatic rings. The monoisotopic (exact) mass is 284 g/mol. The molecule has 0 radical (unpaired) electrons. The Morgan fingerprint density at radius 2 is 2.06 bits per heavy atom. The molecule has 1 rings (SSSR count). The van der Waals surface area contributed by atoms with E-state index in [1.807, 2.05) is 18.2 Å². The van der Waals surface area contributed by atoms with Gasteiger partial charge in [-0.15, -0.1) is 0 Å². The molecule has 0 saturated heterocycles. The topological polar surface area (TPSA) is 26.3 Å². The zero-order valence-electron chi connectivity index (χ0n) is 9.44. The molecule has 86 valence electrons. The van der Waals surface area contributed by atoms with Crippen LogP contribution in [-0.2, 0) is 9.53 Å². The van der Waals surface area contributed by atoms with Crippen LogP contribution in [0.25, 0.3) is 0 Å². The predicted molar refractivity (Wildman–Crippen MR) is 67.0 cm³/mol. The molecule has 0 aliphatic carbocycles. The first-order chi connectivity index (χ1) is 7.74. The van der Waals surface area contributed by atoms with Crippen molar-refractivity contribution >= 4 is 25.4 Å². The number of benzene rings is 1. The maximum atomic E-state index is 11.3. The van der Waals surface area contributed by atoms with Crippen LogP contribution in [-0.4, -0.2) is 27.5 Å². The van der Waals surface area contributed by atoms with Crippen molar-refractivity contribution in [1.82, 2.24) is 0 Å². The van der Waals surface area contributed by atoms with Crippen molar-refractivity contribution in [2.45, 2.75) is 18.7 Å². The summed E-state index contributed by atoms with van der Waals surface area (Å²) in [5, 5.41) is 0.995. The van der Waals surface area contributed by atoms with Gasteiger partial charge in [-0.25, -0.2) is 0 Å². The minimum atomic E-state index is -0.258. The molecule has 0 aliphatic heterocycles. The molecule has 0 aromatic heterocycles. The first-order valence-electron chi connectivity index (χ1n) is 5.26. The van der Waals surface area contributed by atoms with Crippen molar-refractivity contribution in [1.29, 1.82) is 0 Å². The zero-order chi connectivity index (χ0) is 11.8. The van der Waals surface area contributed by atoms with Crippen LogP contribution in [0.2, 0.25) is 5.32 Å². The van der Waals surface area contributed by atoms with Gasteiger partial charge in [0.2, 0.25) is 0 Å². The molecule has 0 bridgehead atoms. The van der Waals surface area contributed by atoms with Crippen molar-refractivity contribution in [2.75, 3.05) is 6.61 Å². The Morgan fingerprint density at radius 3 is 2.69 bits per heavy atom. The second-order valence-corrected chi connectivity index (χ2v) is 5.69. The van der Waals surface area contributed by atoms with Crippen LogP contribution in [0, 0.1) is 0 Å². The zero-order valence-corrected chi connectivity index (χ0v) is 11.2. The van der Waals surface area contributed by atoms with Crippen LogP contribution >= 0.6 is 0 Å². The number of rotatable bonds is 6. The van der Waals surface area contributed by atoms with E-state index < -0.39 is 0 Å². The Morgan fingerprint density at radius 1 is 1.38 bits per heavy atom. The molecule has 0 fully saturated rings. The maximum absolute atomic E-state index is 11.3. The molecular formula is C13H16O2Se. The molecular weight excluding hydrogens is 267 g/mol. The number of carbonyl (C=O) groups is 1. The van der Waals surface area contributed by atoms with Gasteiger partial charge in [0.1, 0.15) is 0 Å². The summed E-state index contributed by atoms with van der Waals surface area (Å²) < 4.78 is 6.23. The summed E-state index contributed by atoms with van der Waals surface area (Å²) in [6.07, 6.45) is 0.730. The Labute approximate surface area is 103 Å². The van der Waals surface area contributed by atoms with Crippen molar-refractivity contribution in [3.63, 3.8) is 0 Å². The Bertz CT molecular complexity index is 346. The summed E-state index contributed by atoms with van der Waals surface area (Å²) in [5.74, 6) is -0.258. The molecule has 1 aromatic carbocycles. The van der Waals surface area contributed by atoms with Gasteiger partial charge in [0.15, 0.2) is 0 Å². The molecule has 0 heterocycles. The molecule has 3 heteroatoms. The predicted octanol–water partition coefficient (Wildman–Crippen LogP) is 1.94. The van der Waals surface area contributed by atoms with Crippen LogP contribution in [0.15, 0.2) is 42.5 Å². The minimum absolute atomic E-state index is 0.258. The van der Waals surface area contributed by atoms with E-state index in [4.69, 9.17) is 4.74 Å². The van der Waals surface area contributed by atoms with Gasteiger partial charge in [-0.05, 0) is 0 Å². The summed E-state index contributed by atoms with van der Waals surface area (Å²) in [4.78, 5) is 11.3. The molecule has 0 unspecified atom stereocenters. The van der Waals surface area contributed by atoms with E-state index in [9.17, 15) is 4.79 Å². The number of hydrogen-bond donors (Lipinski definition) is 0. The van der Waals surface area contributed by atoms with E-state index >= 15 is 0 Å². The summed E-state index contributed by atoms with van der Waals surface area (Å²) in [6.45, 7) is 5.96. The Kier molecular flexibility index (Phi) is 5.91. The van der Waals surface area contributed by atoms with E-state index in [1.165, 1.54) is 4.46 Å². The van der Waals surface area contributed by atoms with Gasteiger partial charge in [0.25, 0.3) is 0 Å². The Balaban J connectivity index is 2.26. The third-order valence-electron chi connectivity index (χ3n) is 1.98. The first kappa shape index (κ1) is 13.0. The van der Waals surface area contributed by atoms with Gasteiger partial charge < -0.3 is 0 Å². The fraction of sp³-hybridized carbons (Fsp3) is 0.308. The summed E-state index contributed by atoms with van der Waals surface area (Å²) in [5.41, 5.74) is 0.583. The molecule has 0 atom stereocenters. The standard InChI is InChI=1S/C13H16O2Se/c1-3-15-13(14)11(2)9-10-16-12-7-5-4-6-8-12/h4-8H,2-3,9-10H2,1H3. The fourth-order valence-corrected chi connectivity index (χ4v) is 3.10. The Hall–Kier alpha value is -1.05. The number of carbonyl (C=O) groups excluding carboxylic acids is 1. The second kappa shape index (κ2) is 7.26. The van der Waals surface area contributed by atoms with Gasteiger partial charge in [0.05, 0.1) is 0 Å².